The smallest absolute Gasteiger partial charge is 0.263 e. The summed E-state index contributed by atoms with van der Waals surface area (Å²) < 4.78 is 36.3. The molecule has 1 aromatic carbocycles. The molecule has 1 aliphatic heterocycles. The van der Waals surface area contributed by atoms with Gasteiger partial charge in [0.1, 0.15) is 0 Å². The lowest BCUT2D eigenvalue weighted by molar-refractivity contribution is 0.150. The van der Waals surface area contributed by atoms with E-state index in [1.54, 1.807) is 0 Å². The van der Waals surface area contributed by atoms with Gasteiger partial charge in [-0.3, -0.25) is 0 Å². The third-order valence-corrected chi connectivity index (χ3v) is 3.50. The van der Waals surface area contributed by atoms with E-state index in [0.29, 0.717) is 17.4 Å². The first kappa shape index (κ1) is 14.1. The van der Waals surface area contributed by atoms with Crippen LogP contribution in [-0.2, 0) is 6.42 Å². The predicted molar refractivity (Wildman–Crippen MR) is 69.2 cm³/mol. The molecular formula is C14H19F2NO2. The zero-order valence-electron chi connectivity index (χ0n) is 11.2. The van der Waals surface area contributed by atoms with Crippen LogP contribution in [0.1, 0.15) is 24.0 Å². The van der Waals surface area contributed by atoms with E-state index in [9.17, 15) is 8.78 Å². The molecule has 0 aromatic heterocycles. The Morgan fingerprint density at radius 3 is 2.63 bits per heavy atom. The number of methoxy groups -OCH3 is 2. The van der Waals surface area contributed by atoms with Crippen molar-refractivity contribution in [2.75, 3.05) is 27.3 Å². The average molecular weight is 271 g/mol. The van der Waals surface area contributed by atoms with Crippen molar-refractivity contribution in [2.24, 2.45) is 5.92 Å². The quantitative estimate of drug-likeness (QED) is 0.893. The van der Waals surface area contributed by atoms with Crippen LogP contribution in [0.2, 0.25) is 0 Å². The minimum atomic E-state index is -2.50. The van der Waals surface area contributed by atoms with Gasteiger partial charge in [0.05, 0.1) is 14.2 Å². The van der Waals surface area contributed by atoms with E-state index in [2.05, 4.69) is 5.32 Å². The van der Waals surface area contributed by atoms with Gasteiger partial charge in [0.2, 0.25) is 0 Å². The second-order valence-corrected chi connectivity index (χ2v) is 4.78. The fourth-order valence-electron chi connectivity index (χ4n) is 2.54. The van der Waals surface area contributed by atoms with Crippen molar-refractivity contribution >= 4 is 0 Å². The molecule has 5 heteroatoms. The molecule has 106 valence electrons. The summed E-state index contributed by atoms with van der Waals surface area (Å²) in [5.74, 6) is 1.41. The SMILES string of the molecule is COc1cc(C(F)F)cc(CC2CCNC2)c1OC. The summed E-state index contributed by atoms with van der Waals surface area (Å²) >= 11 is 0. The molecule has 19 heavy (non-hydrogen) atoms. The topological polar surface area (TPSA) is 30.5 Å². The van der Waals surface area contributed by atoms with Gasteiger partial charge in [-0.05, 0) is 49.5 Å². The zero-order valence-corrected chi connectivity index (χ0v) is 11.2. The van der Waals surface area contributed by atoms with Gasteiger partial charge in [-0.15, -0.1) is 0 Å². The number of halogens is 2. The molecule has 0 saturated carbocycles. The molecule has 1 heterocycles. The minimum Gasteiger partial charge on any atom is -0.493 e. The highest BCUT2D eigenvalue weighted by Crippen LogP contribution is 2.37. The Morgan fingerprint density at radius 2 is 2.11 bits per heavy atom. The van der Waals surface area contributed by atoms with Crippen LogP contribution in [0.4, 0.5) is 8.78 Å². The summed E-state index contributed by atoms with van der Waals surface area (Å²) in [4.78, 5) is 0. The number of hydrogen-bond acceptors (Lipinski definition) is 3. The van der Waals surface area contributed by atoms with E-state index in [4.69, 9.17) is 9.47 Å². The molecule has 0 aliphatic carbocycles. The first-order valence-corrected chi connectivity index (χ1v) is 6.39. The van der Waals surface area contributed by atoms with Gasteiger partial charge < -0.3 is 14.8 Å². The molecule has 1 N–H and O–H groups in total. The van der Waals surface area contributed by atoms with Crippen LogP contribution in [0.3, 0.4) is 0 Å². The van der Waals surface area contributed by atoms with Crippen LogP contribution in [0.5, 0.6) is 11.5 Å². The minimum absolute atomic E-state index is 0.0152. The number of alkyl halides is 2. The van der Waals surface area contributed by atoms with Crippen molar-refractivity contribution in [3.63, 3.8) is 0 Å². The molecular weight excluding hydrogens is 252 g/mol. The third kappa shape index (κ3) is 3.15. The Bertz CT molecular complexity index is 432. The van der Waals surface area contributed by atoms with Gasteiger partial charge in [-0.25, -0.2) is 8.78 Å². The van der Waals surface area contributed by atoms with E-state index >= 15 is 0 Å². The third-order valence-electron chi connectivity index (χ3n) is 3.50. The zero-order chi connectivity index (χ0) is 13.8. The van der Waals surface area contributed by atoms with Gasteiger partial charge in [-0.1, -0.05) is 0 Å². The van der Waals surface area contributed by atoms with Crippen LogP contribution in [-0.4, -0.2) is 27.3 Å². The molecule has 1 unspecified atom stereocenters. The van der Waals surface area contributed by atoms with E-state index in [0.717, 1.165) is 31.5 Å². The summed E-state index contributed by atoms with van der Waals surface area (Å²) in [7, 11) is 3.00. The van der Waals surface area contributed by atoms with Crippen LogP contribution in [0, 0.1) is 5.92 Å². The van der Waals surface area contributed by atoms with Gasteiger partial charge in [0.25, 0.3) is 6.43 Å². The molecule has 1 aromatic rings. The maximum Gasteiger partial charge on any atom is 0.263 e. The second kappa shape index (κ2) is 6.19. The molecule has 0 radical (unpaired) electrons. The van der Waals surface area contributed by atoms with E-state index < -0.39 is 6.43 Å². The van der Waals surface area contributed by atoms with Crippen molar-refractivity contribution in [3.8, 4) is 11.5 Å². The Morgan fingerprint density at radius 1 is 1.32 bits per heavy atom. The lowest BCUT2D eigenvalue weighted by Crippen LogP contribution is -2.11. The maximum atomic E-state index is 12.9. The Hall–Kier alpha value is -1.36. The highest BCUT2D eigenvalue weighted by atomic mass is 19.3. The predicted octanol–water partition coefficient (Wildman–Crippen LogP) is 2.79. The first-order chi connectivity index (χ1) is 9.15. The highest BCUT2D eigenvalue weighted by molar-refractivity contribution is 5.50. The molecule has 1 saturated heterocycles. The second-order valence-electron chi connectivity index (χ2n) is 4.78. The van der Waals surface area contributed by atoms with Crippen molar-refractivity contribution in [2.45, 2.75) is 19.3 Å². The summed E-state index contributed by atoms with van der Waals surface area (Å²) in [6, 6.07) is 2.88. The number of ether oxygens (including phenoxy) is 2. The summed E-state index contributed by atoms with van der Waals surface area (Å²) in [6.45, 7) is 1.91. The Balaban J connectivity index is 2.34. The number of hydrogen-bond donors (Lipinski definition) is 1. The molecule has 3 nitrogen and oxygen atoms in total. The molecule has 0 spiro atoms. The van der Waals surface area contributed by atoms with Crippen molar-refractivity contribution < 1.29 is 18.3 Å². The van der Waals surface area contributed by atoms with Crippen molar-refractivity contribution in [1.82, 2.24) is 5.32 Å². The van der Waals surface area contributed by atoms with Gasteiger partial charge in [0, 0.05) is 5.56 Å². The number of nitrogens with one attached hydrogen (secondary N) is 1. The first-order valence-electron chi connectivity index (χ1n) is 6.39. The monoisotopic (exact) mass is 271 g/mol. The summed E-state index contributed by atoms with van der Waals surface area (Å²) in [6.07, 6.45) is -0.711. The molecule has 0 amide bonds. The fraction of sp³-hybridized carbons (Fsp3) is 0.571. The Labute approximate surface area is 111 Å². The molecule has 1 fully saturated rings. The number of benzene rings is 1. The van der Waals surface area contributed by atoms with Gasteiger partial charge in [0.15, 0.2) is 11.5 Å². The van der Waals surface area contributed by atoms with Crippen molar-refractivity contribution in [3.05, 3.63) is 23.3 Å². The molecule has 2 rings (SSSR count). The van der Waals surface area contributed by atoms with Gasteiger partial charge >= 0.3 is 0 Å². The van der Waals surface area contributed by atoms with Crippen LogP contribution in [0.15, 0.2) is 12.1 Å². The molecule has 0 bridgehead atoms. The van der Waals surface area contributed by atoms with Crippen LogP contribution >= 0.6 is 0 Å². The average Bonchev–Trinajstić information content (AvgIpc) is 2.90. The Kier molecular flexibility index (Phi) is 4.58. The lowest BCUT2D eigenvalue weighted by Gasteiger charge is -2.17. The van der Waals surface area contributed by atoms with Gasteiger partial charge in [-0.2, -0.15) is 0 Å². The normalized spacial score (nSPS) is 18.9. The largest absolute Gasteiger partial charge is 0.493 e. The van der Waals surface area contributed by atoms with Crippen molar-refractivity contribution in [1.29, 1.82) is 0 Å². The standard InChI is InChI=1S/C14H19F2NO2/c1-18-12-7-11(14(15)16)6-10(13(12)19-2)5-9-3-4-17-8-9/h6-7,9,14,17H,3-5,8H2,1-2H3. The molecule has 1 aliphatic rings. The van der Waals surface area contributed by atoms with E-state index in [-0.39, 0.29) is 5.56 Å². The highest BCUT2D eigenvalue weighted by Gasteiger charge is 2.21. The van der Waals surface area contributed by atoms with Crippen LogP contribution in [0.25, 0.3) is 0 Å². The molecule has 1 atom stereocenters. The van der Waals surface area contributed by atoms with E-state index in [1.807, 2.05) is 0 Å². The number of rotatable bonds is 5. The van der Waals surface area contributed by atoms with Crippen LogP contribution < -0.4 is 14.8 Å². The fourth-order valence-corrected chi connectivity index (χ4v) is 2.54. The summed E-state index contributed by atoms with van der Waals surface area (Å²) in [5.41, 5.74) is 0.782. The maximum absolute atomic E-state index is 12.9. The summed E-state index contributed by atoms with van der Waals surface area (Å²) in [5, 5.41) is 3.28. The van der Waals surface area contributed by atoms with E-state index in [1.165, 1.54) is 26.4 Å². The lowest BCUT2D eigenvalue weighted by atomic mass is 9.96.